The molecule has 142 valence electrons. The number of nitrogens with zero attached hydrogens (tertiary/aromatic N) is 1. The Bertz CT molecular complexity index is 858. The largest absolute Gasteiger partial charge is 0.465 e. The summed E-state index contributed by atoms with van der Waals surface area (Å²) in [7, 11) is 0. The van der Waals surface area contributed by atoms with Crippen LogP contribution in [0.5, 0.6) is 0 Å². The van der Waals surface area contributed by atoms with Crippen molar-refractivity contribution in [2.24, 2.45) is 0 Å². The third-order valence-corrected chi connectivity index (χ3v) is 5.67. The van der Waals surface area contributed by atoms with Crippen molar-refractivity contribution < 1.29 is 14.7 Å². The van der Waals surface area contributed by atoms with Gasteiger partial charge in [0.1, 0.15) is 0 Å². The van der Waals surface area contributed by atoms with Crippen LogP contribution in [0, 0.1) is 0 Å². The molecule has 5 nitrogen and oxygen atoms in total. The summed E-state index contributed by atoms with van der Waals surface area (Å²) in [6, 6.07) is 11.6. The van der Waals surface area contributed by atoms with Gasteiger partial charge in [0.15, 0.2) is 0 Å². The Morgan fingerprint density at radius 3 is 2.37 bits per heavy atom. The molecule has 1 heterocycles. The molecule has 3 rings (SSSR count). The minimum Gasteiger partial charge on any atom is -0.465 e. The van der Waals surface area contributed by atoms with Gasteiger partial charge in [-0.3, -0.25) is 4.79 Å². The van der Waals surface area contributed by atoms with Gasteiger partial charge in [-0.05, 0) is 48.4 Å². The molecule has 0 spiro atoms. The van der Waals surface area contributed by atoms with Gasteiger partial charge in [-0.2, -0.15) is 0 Å². The highest BCUT2D eigenvalue weighted by molar-refractivity contribution is 6.42. The molecule has 0 bridgehead atoms. The van der Waals surface area contributed by atoms with Gasteiger partial charge in [-0.1, -0.05) is 40.9 Å². The molecule has 1 fully saturated rings. The summed E-state index contributed by atoms with van der Waals surface area (Å²) in [5, 5.41) is 13.7. The summed E-state index contributed by atoms with van der Waals surface area (Å²) in [6.45, 7) is 0.609. The number of nitrogens with one attached hydrogen (secondary N) is 1. The number of amides is 2. The Balaban J connectivity index is 1.84. The summed E-state index contributed by atoms with van der Waals surface area (Å²) >= 11 is 18.0. The fourth-order valence-electron chi connectivity index (χ4n) is 3.23. The third kappa shape index (κ3) is 4.67. The Labute approximate surface area is 171 Å². The maximum atomic E-state index is 12.6. The molecule has 1 aliphatic heterocycles. The first-order chi connectivity index (χ1) is 12.8. The number of likely N-dealkylation sites (tertiary alicyclic amines) is 1. The van der Waals surface area contributed by atoms with Crippen LogP contribution in [-0.2, 0) is 0 Å². The number of hydrogen-bond acceptors (Lipinski definition) is 2. The van der Waals surface area contributed by atoms with E-state index in [-0.39, 0.29) is 24.4 Å². The van der Waals surface area contributed by atoms with Crippen molar-refractivity contribution in [3.05, 3.63) is 68.7 Å². The molecule has 1 saturated heterocycles. The molecular formula is C19H17Cl3N2O3. The summed E-state index contributed by atoms with van der Waals surface area (Å²) in [4.78, 5) is 25.4. The predicted octanol–water partition coefficient (Wildman–Crippen LogP) is 4.91. The second-order valence-electron chi connectivity index (χ2n) is 6.38. The molecule has 0 aromatic heterocycles. The van der Waals surface area contributed by atoms with E-state index in [4.69, 9.17) is 34.8 Å². The zero-order valence-corrected chi connectivity index (χ0v) is 16.4. The molecule has 2 amide bonds. The molecule has 0 radical (unpaired) electrons. The Kier molecular flexibility index (Phi) is 6.15. The van der Waals surface area contributed by atoms with Gasteiger partial charge >= 0.3 is 6.09 Å². The predicted molar refractivity (Wildman–Crippen MR) is 106 cm³/mol. The molecule has 0 saturated carbocycles. The van der Waals surface area contributed by atoms with Gasteiger partial charge in [0.2, 0.25) is 0 Å². The van der Waals surface area contributed by atoms with E-state index < -0.39 is 6.09 Å². The molecule has 2 aromatic rings. The van der Waals surface area contributed by atoms with E-state index in [1.54, 1.807) is 36.4 Å². The van der Waals surface area contributed by atoms with Crippen LogP contribution in [0.3, 0.4) is 0 Å². The summed E-state index contributed by atoms with van der Waals surface area (Å²) in [6.07, 6.45) is -0.487. The maximum absolute atomic E-state index is 12.6. The molecular weight excluding hydrogens is 411 g/mol. The molecule has 0 aliphatic carbocycles. The highest BCUT2D eigenvalue weighted by atomic mass is 35.5. The number of carboxylic acid groups (broad SMARTS) is 1. The minimum absolute atomic E-state index is 0.231. The van der Waals surface area contributed by atoms with Crippen molar-refractivity contribution in [1.82, 2.24) is 10.2 Å². The normalized spacial score (nSPS) is 19.6. The quantitative estimate of drug-likeness (QED) is 0.731. The Morgan fingerprint density at radius 1 is 1.04 bits per heavy atom. The number of rotatable bonds is 3. The molecule has 2 unspecified atom stereocenters. The summed E-state index contributed by atoms with van der Waals surface area (Å²) in [5.74, 6) is -0.466. The number of halogens is 3. The van der Waals surface area contributed by atoms with Crippen molar-refractivity contribution in [2.75, 3.05) is 13.1 Å². The lowest BCUT2D eigenvalue weighted by Gasteiger charge is -2.38. The molecule has 1 aliphatic rings. The van der Waals surface area contributed by atoms with E-state index in [0.717, 1.165) is 5.56 Å². The highest BCUT2D eigenvalue weighted by Crippen LogP contribution is 2.32. The fraction of sp³-hybridized carbons (Fsp3) is 0.263. The number of benzene rings is 2. The SMILES string of the molecule is O=C(NC1CCN(C(=O)O)CC1c1ccc(Cl)c(Cl)c1)c1ccc(Cl)cc1. The van der Waals surface area contributed by atoms with Gasteiger partial charge in [0.05, 0.1) is 10.0 Å². The van der Waals surface area contributed by atoms with E-state index >= 15 is 0 Å². The van der Waals surface area contributed by atoms with Crippen LogP contribution in [0.15, 0.2) is 42.5 Å². The third-order valence-electron chi connectivity index (χ3n) is 4.68. The van der Waals surface area contributed by atoms with E-state index in [2.05, 4.69) is 5.32 Å². The molecule has 2 aromatic carbocycles. The second kappa shape index (κ2) is 8.38. The van der Waals surface area contributed by atoms with Crippen LogP contribution in [0.1, 0.15) is 28.3 Å². The van der Waals surface area contributed by atoms with Gasteiger partial charge in [0, 0.05) is 35.6 Å². The maximum Gasteiger partial charge on any atom is 0.407 e. The number of hydrogen-bond donors (Lipinski definition) is 2. The monoisotopic (exact) mass is 426 g/mol. The fourth-order valence-corrected chi connectivity index (χ4v) is 3.66. The molecule has 8 heteroatoms. The first-order valence-electron chi connectivity index (χ1n) is 8.34. The number of carbonyl (C=O) groups is 2. The lowest BCUT2D eigenvalue weighted by atomic mass is 9.86. The Hall–Kier alpha value is -1.95. The lowest BCUT2D eigenvalue weighted by Crippen LogP contribution is -2.51. The van der Waals surface area contributed by atoms with Gasteiger partial charge in [-0.15, -0.1) is 0 Å². The van der Waals surface area contributed by atoms with Crippen molar-refractivity contribution in [3.63, 3.8) is 0 Å². The van der Waals surface area contributed by atoms with Gasteiger partial charge in [0.25, 0.3) is 5.91 Å². The average molecular weight is 428 g/mol. The standard InChI is InChI=1S/C19H17Cl3N2O3/c20-13-4-1-11(2-5-13)18(25)23-17-7-8-24(19(26)27)10-14(17)12-3-6-15(21)16(22)9-12/h1-6,9,14,17H,7-8,10H2,(H,23,25)(H,26,27). The zero-order valence-electron chi connectivity index (χ0n) is 14.2. The van der Waals surface area contributed by atoms with Crippen molar-refractivity contribution in [2.45, 2.75) is 18.4 Å². The highest BCUT2D eigenvalue weighted by Gasteiger charge is 2.33. The molecule has 2 atom stereocenters. The van der Waals surface area contributed by atoms with Crippen molar-refractivity contribution in [1.29, 1.82) is 0 Å². The lowest BCUT2D eigenvalue weighted by molar-refractivity contribution is 0.0888. The first kappa shape index (κ1) is 19.8. The van der Waals surface area contributed by atoms with Crippen LogP contribution in [0.25, 0.3) is 0 Å². The molecule has 27 heavy (non-hydrogen) atoms. The topological polar surface area (TPSA) is 69.6 Å². The summed E-state index contributed by atoms with van der Waals surface area (Å²) < 4.78 is 0. The van der Waals surface area contributed by atoms with Crippen molar-refractivity contribution in [3.8, 4) is 0 Å². The van der Waals surface area contributed by atoms with Crippen molar-refractivity contribution >= 4 is 46.8 Å². The Morgan fingerprint density at radius 2 is 1.74 bits per heavy atom. The smallest absolute Gasteiger partial charge is 0.407 e. The average Bonchev–Trinajstić information content (AvgIpc) is 2.64. The minimum atomic E-state index is -0.984. The van der Waals surface area contributed by atoms with Crippen LogP contribution in [0.4, 0.5) is 4.79 Å². The van der Waals surface area contributed by atoms with Gasteiger partial charge in [-0.25, -0.2) is 4.79 Å². The van der Waals surface area contributed by atoms with E-state index in [1.165, 1.54) is 4.90 Å². The van der Waals surface area contributed by atoms with E-state index in [1.807, 2.05) is 6.07 Å². The summed E-state index contributed by atoms with van der Waals surface area (Å²) in [5.41, 5.74) is 1.32. The number of piperidine rings is 1. The van der Waals surface area contributed by atoms with Gasteiger partial charge < -0.3 is 15.3 Å². The zero-order chi connectivity index (χ0) is 19.6. The van der Waals surface area contributed by atoms with Crippen LogP contribution in [0.2, 0.25) is 15.1 Å². The van der Waals surface area contributed by atoms with Crippen LogP contribution < -0.4 is 5.32 Å². The van der Waals surface area contributed by atoms with Crippen LogP contribution in [-0.4, -0.2) is 41.1 Å². The van der Waals surface area contributed by atoms with Crippen LogP contribution >= 0.6 is 34.8 Å². The van der Waals surface area contributed by atoms with E-state index in [9.17, 15) is 14.7 Å². The number of carbonyl (C=O) groups excluding carboxylic acids is 1. The second-order valence-corrected chi connectivity index (χ2v) is 7.63. The molecule has 2 N–H and O–H groups in total. The first-order valence-corrected chi connectivity index (χ1v) is 9.48. The van der Waals surface area contributed by atoms with E-state index in [0.29, 0.717) is 33.6 Å².